The Morgan fingerprint density at radius 3 is 2.91 bits per heavy atom. The zero-order valence-corrected chi connectivity index (χ0v) is 6.58. The molecule has 0 aromatic heterocycles. The lowest BCUT2D eigenvalue weighted by Gasteiger charge is -2.09. The van der Waals surface area contributed by atoms with Crippen LogP contribution in [0.15, 0.2) is 0 Å². The molecule has 0 saturated carbocycles. The minimum Gasteiger partial charge on any atom is -0.395 e. The Hall–Kier alpha value is -0.160. The van der Waals surface area contributed by atoms with Crippen molar-refractivity contribution in [3.05, 3.63) is 0 Å². The van der Waals surface area contributed by atoms with Crippen molar-refractivity contribution in [2.45, 2.75) is 18.6 Å². The lowest BCUT2D eigenvalue weighted by Crippen LogP contribution is -2.35. The average molecular weight is 160 g/mol. The molecule has 1 unspecified atom stereocenters. The molecular formula is C7H16N2O2. The first-order valence-electron chi connectivity index (χ1n) is 4.06. The molecule has 2 atom stereocenters. The molecule has 1 rings (SSSR count). The molecule has 0 aromatic rings. The van der Waals surface area contributed by atoms with Gasteiger partial charge < -0.3 is 20.8 Å². The van der Waals surface area contributed by atoms with Crippen LogP contribution in [0.25, 0.3) is 0 Å². The van der Waals surface area contributed by atoms with Crippen LogP contribution < -0.4 is 10.6 Å². The Morgan fingerprint density at radius 1 is 1.55 bits per heavy atom. The van der Waals surface area contributed by atoms with Crippen LogP contribution in [0.1, 0.15) is 6.42 Å². The summed E-state index contributed by atoms with van der Waals surface area (Å²) in [5.41, 5.74) is 0. The van der Waals surface area contributed by atoms with Gasteiger partial charge in [0, 0.05) is 25.7 Å². The van der Waals surface area contributed by atoms with Crippen LogP contribution in [0.2, 0.25) is 0 Å². The number of β-amino-alcohol motifs (C(OH)–C–C–N with tert-alkyl or cyclic N) is 1. The van der Waals surface area contributed by atoms with E-state index >= 15 is 0 Å². The van der Waals surface area contributed by atoms with E-state index in [4.69, 9.17) is 10.2 Å². The Balaban J connectivity index is 1.99. The summed E-state index contributed by atoms with van der Waals surface area (Å²) in [6.45, 7) is 2.34. The number of hydrogen-bond donors (Lipinski definition) is 4. The molecular weight excluding hydrogens is 144 g/mol. The van der Waals surface area contributed by atoms with Crippen molar-refractivity contribution in [3.63, 3.8) is 0 Å². The molecule has 1 saturated heterocycles. The van der Waals surface area contributed by atoms with Crippen molar-refractivity contribution >= 4 is 0 Å². The number of hydrogen-bond acceptors (Lipinski definition) is 4. The lowest BCUT2D eigenvalue weighted by molar-refractivity contribution is 0.193. The predicted octanol–water partition coefficient (Wildman–Crippen LogP) is -1.71. The Bertz CT molecular complexity index is 111. The summed E-state index contributed by atoms with van der Waals surface area (Å²) in [7, 11) is 0. The Kier molecular flexibility index (Phi) is 3.79. The van der Waals surface area contributed by atoms with Gasteiger partial charge in [0.05, 0.1) is 12.7 Å². The quantitative estimate of drug-likeness (QED) is 0.370. The molecule has 1 aliphatic heterocycles. The van der Waals surface area contributed by atoms with Crippen molar-refractivity contribution < 1.29 is 10.2 Å². The molecule has 66 valence electrons. The molecule has 0 amide bonds. The summed E-state index contributed by atoms with van der Waals surface area (Å²) in [6.07, 6.45) is 0.634. The zero-order chi connectivity index (χ0) is 8.10. The van der Waals surface area contributed by atoms with Crippen molar-refractivity contribution in [1.29, 1.82) is 0 Å². The van der Waals surface area contributed by atoms with Gasteiger partial charge in [0.2, 0.25) is 0 Å². The summed E-state index contributed by atoms with van der Waals surface area (Å²) >= 11 is 0. The first-order chi connectivity index (χ1) is 5.33. The van der Waals surface area contributed by atoms with Gasteiger partial charge >= 0.3 is 0 Å². The third kappa shape index (κ3) is 3.16. The second-order valence-electron chi connectivity index (χ2n) is 2.92. The van der Waals surface area contributed by atoms with Gasteiger partial charge in [-0.3, -0.25) is 0 Å². The summed E-state index contributed by atoms with van der Waals surface area (Å²) in [6, 6.07) is 0.372. The molecule has 0 aliphatic carbocycles. The van der Waals surface area contributed by atoms with Gasteiger partial charge in [-0.2, -0.15) is 0 Å². The molecule has 11 heavy (non-hydrogen) atoms. The van der Waals surface area contributed by atoms with Crippen molar-refractivity contribution in [2.24, 2.45) is 0 Å². The summed E-state index contributed by atoms with van der Waals surface area (Å²) in [5.74, 6) is 0. The van der Waals surface area contributed by atoms with Gasteiger partial charge in [-0.1, -0.05) is 0 Å². The molecule has 1 heterocycles. The summed E-state index contributed by atoms with van der Waals surface area (Å²) in [5, 5.41) is 23.8. The summed E-state index contributed by atoms with van der Waals surface area (Å²) in [4.78, 5) is 0. The maximum absolute atomic E-state index is 9.12. The Morgan fingerprint density at radius 2 is 2.36 bits per heavy atom. The maximum atomic E-state index is 9.12. The van der Waals surface area contributed by atoms with Crippen LogP contribution in [0.5, 0.6) is 0 Å². The van der Waals surface area contributed by atoms with E-state index in [0.29, 0.717) is 19.1 Å². The van der Waals surface area contributed by atoms with Crippen LogP contribution in [-0.2, 0) is 0 Å². The molecule has 0 radical (unpaired) electrons. The average Bonchev–Trinajstić information content (AvgIpc) is 2.37. The highest BCUT2D eigenvalue weighted by Crippen LogP contribution is 2.04. The van der Waals surface area contributed by atoms with Crippen LogP contribution in [0, 0.1) is 0 Å². The minimum absolute atomic E-state index is 0.176. The highest BCUT2D eigenvalue weighted by Gasteiger charge is 2.20. The number of rotatable bonds is 4. The molecule has 0 bridgehead atoms. The Labute approximate surface area is 66.6 Å². The third-order valence-corrected chi connectivity index (χ3v) is 1.88. The first kappa shape index (κ1) is 8.93. The SMILES string of the molecule is OCCNCC1C[C@H](O)CN1. The fourth-order valence-corrected chi connectivity index (χ4v) is 1.31. The van der Waals surface area contributed by atoms with Gasteiger partial charge in [0.15, 0.2) is 0 Å². The largest absolute Gasteiger partial charge is 0.395 e. The zero-order valence-electron chi connectivity index (χ0n) is 6.58. The fourth-order valence-electron chi connectivity index (χ4n) is 1.31. The van der Waals surface area contributed by atoms with Crippen LogP contribution in [0.4, 0.5) is 0 Å². The predicted molar refractivity (Wildman–Crippen MR) is 42.4 cm³/mol. The van der Waals surface area contributed by atoms with Crippen LogP contribution in [-0.4, -0.2) is 48.6 Å². The first-order valence-corrected chi connectivity index (χ1v) is 4.06. The highest BCUT2D eigenvalue weighted by atomic mass is 16.3. The summed E-state index contributed by atoms with van der Waals surface area (Å²) < 4.78 is 0. The second kappa shape index (κ2) is 4.66. The third-order valence-electron chi connectivity index (χ3n) is 1.88. The standard InChI is InChI=1S/C7H16N2O2/c10-2-1-8-4-6-3-7(11)5-9-6/h6-11H,1-5H2/t6?,7-/m0/s1. The van der Waals surface area contributed by atoms with Crippen LogP contribution >= 0.6 is 0 Å². The highest BCUT2D eigenvalue weighted by molar-refractivity contribution is 4.82. The lowest BCUT2D eigenvalue weighted by atomic mass is 10.2. The minimum atomic E-state index is -0.184. The molecule has 4 N–H and O–H groups in total. The number of aliphatic hydroxyl groups excluding tert-OH is 2. The fraction of sp³-hybridized carbons (Fsp3) is 1.00. The van der Waals surface area contributed by atoms with Crippen molar-refractivity contribution in [3.8, 4) is 0 Å². The van der Waals surface area contributed by atoms with Crippen molar-refractivity contribution in [2.75, 3.05) is 26.2 Å². The molecule has 0 aromatic carbocycles. The molecule has 1 fully saturated rings. The maximum Gasteiger partial charge on any atom is 0.0680 e. The monoisotopic (exact) mass is 160 g/mol. The normalized spacial score (nSPS) is 31.1. The molecule has 1 aliphatic rings. The topological polar surface area (TPSA) is 64.5 Å². The van der Waals surface area contributed by atoms with E-state index in [9.17, 15) is 0 Å². The van der Waals surface area contributed by atoms with E-state index in [0.717, 1.165) is 13.0 Å². The molecule has 0 spiro atoms. The number of aliphatic hydroxyl groups is 2. The van der Waals surface area contributed by atoms with E-state index < -0.39 is 0 Å². The van der Waals surface area contributed by atoms with Gasteiger partial charge in [-0.25, -0.2) is 0 Å². The van der Waals surface area contributed by atoms with E-state index in [1.54, 1.807) is 0 Å². The van der Waals surface area contributed by atoms with Crippen molar-refractivity contribution in [1.82, 2.24) is 10.6 Å². The molecule has 4 nitrogen and oxygen atoms in total. The van der Waals surface area contributed by atoms with E-state index in [1.807, 2.05) is 0 Å². The van der Waals surface area contributed by atoms with E-state index in [2.05, 4.69) is 10.6 Å². The molecule has 4 heteroatoms. The van der Waals surface area contributed by atoms with Gasteiger partial charge in [-0.15, -0.1) is 0 Å². The van der Waals surface area contributed by atoms with Gasteiger partial charge in [0.25, 0.3) is 0 Å². The smallest absolute Gasteiger partial charge is 0.0680 e. The van der Waals surface area contributed by atoms with E-state index in [1.165, 1.54) is 0 Å². The van der Waals surface area contributed by atoms with Gasteiger partial charge in [-0.05, 0) is 6.42 Å². The second-order valence-corrected chi connectivity index (χ2v) is 2.92. The number of nitrogens with one attached hydrogen (secondary N) is 2. The van der Waals surface area contributed by atoms with E-state index in [-0.39, 0.29) is 12.7 Å². The van der Waals surface area contributed by atoms with Crippen LogP contribution in [0.3, 0.4) is 0 Å². The van der Waals surface area contributed by atoms with Gasteiger partial charge in [0.1, 0.15) is 0 Å².